The number of halogens is 1. The molecule has 3 rings (SSSR count). The van der Waals surface area contributed by atoms with Crippen LogP contribution in [-0.4, -0.2) is 39.8 Å². The van der Waals surface area contributed by atoms with Crippen LogP contribution in [0, 0.1) is 5.82 Å². The van der Waals surface area contributed by atoms with Crippen molar-refractivity contribution in [2.45, 2.75) is 44.9 Å². The Morgan fingerprint density at radius 2 is 1.74 bits per heavy atom. The number of anilines is 1. The fourth-order valence-electron chi connectivity index (χ4n) is 4.03. The Balaban J connectivity index is 1.79. The monoisotopic (exact) mass is 541 g/mol. The van der Waals surface area contributed by atoms with Crippen molar-refractivity contribution in [3.8, 4) is 0 Å². The van der Waals surface area contributed by atoms with Crippen LogP contribution in [0.15, 0.2) is 72.8 Å². The van der Waals surface area contributed by atoms with E-state index >= 15 is 0 Å². The third-order valence-corrected chi connectivity index (χ3v) is 7.79. The first kappa shape index (κ1) is 29.3. The van der Waals surface area contributed by atoms with E-state index in [1.54, 1.807) is 31.2 Å². The van der Waals surface area contributed by atoms with Crippen LogP contribution in [0.3, 0.4) is 0 Å². The van der Waals surface area contributed by atoms with Crippen LogP contribution in [0.4, 0.5) is 10.1 Å². The third-order valence-electron chi connectivity index (χ3n) is 6.58. The highest BCUT2D eigenvalue weighted by molar-refractivity contribution is 7.92. The van der Waals surface area contributed by atoms with Gasteiger partial charge in [-0.1, -0.05) is 49.4 Å². The van der Waals surface area contributed by atoms with E-state index in [-0.39, 0.29) is 30.6 Å². The molecule has 0 saturated heterocycles. The highest BCUT2D eigenvalue weighted by Gasteiger charge is 2.24. The molecule has 0 aromatic heterocycles. The number of rotatable bonds is 12. The van der Waals surface area contributed by atoms with E-state index < -0.39 is 21.5 Å². The molecule has 38 heavy (non-hydrogen) atoms. The number of sulfonamides is 1. The Bertz CT molecular complexity index is 1330. The molecule has 3 aromatic rings. The summed E-state index contributed by atoms with van der Waals surface area (Å²) in [4.78, 5) is 13.1. The number of hydrogen-bond donors (Lipinski definition) is 2. The fraction of sp³-hybridized carbons (Fsp3) is 0.345. The zero-order valence-electron chi connectivity index (χ0n) is 22.3. The molecule has 0 spiro atoms. The Morgan fingerprint density at radius 1 is 1.08 bits per heavy atom. The van der Waals surface area contributed by atoms with E-state index in [4.69, 9.17) is 10.5 Å². The van der Waals surface area contributed by atoms with Crippen molar-refractivity contribution in [1.29, 1.82) is 0 Å². The first-order valence-electron chi connectivity index (χ1n) is 12.4. The number of carbonyl (C=O) groups excluding carboxylic acids is 1. The average molecular weight is 542 g/mol. The first-order valence-corrected chi connectivity index (χ1v) is 14.3. The lowest BCUT2D eigenvalue weighted by Gasteiger charge is -2.28. The number of nitrogens with two attached hydrogens (primary N) is 1. The average Bonchev–Trinajstić information content (AvgIpc) is 2.88. The predicted octanol–water partition coefficient (Wildman–Crippen LogP) is 4.58. The molecule has 1 amide bonds. The Hall–Kier alpha value is -3.27. The molecule has 7 nitrogen and oxygen atoms in total. The van der Waals surface area contributed by atoms with Gasteiger partial charge in [-0.25, -0.2) is 12.8 Å². The van der Waals surface area contributed by atoms with Gasteiger partial charge in [-0.05, 0) is 66.8 Å². The van der Waals surface area contributed by atoms with Crippen LogP contribution in [-0.2, 0) is 27.8 Å². The molecular formula is C29H36FN3O4S. The van der Waals surface area contributed by atoms with E-state index in [1.165, 1.54) is 25.2 Å². The summed E-state index contributed by atoms with van der Waals surface area (Å²) in [5, 5.41) is 2.89. The zero-order valence-corrected chi connectivity index (χ0v) is 23.1. The second kappa shape index (κ2) is 12.5. The van der Waals surface area contributed by atoms with Crippen LogP contribution in [0.1, 0.15) is 53.4 Å². The molecule has 1 unspecified atom stereocenters. The van der Waals surface area contributed by atoms with Crippen molar-refractivity contribution in [3.05, 3.63) is 101 Å². The van der Waals surface area contributed by atoms with E-state index in [1.807, 2.05) is 37.3 Å². The summed E-state index contributed by atoms with van der Waals surface area (Å²) >= 11 is 0. The third kappa shape index (κ3) is 8.11. The predicted molar refractivity (Wildman–Crippen MR) is 149 cm³/mol. The van der Waals surface area contributed by atoms with Crippen molar-refractivity contribution >= 4 is 21.6 Å². The summed E-state index contributed by atoms with van der Waals surface area (Å²) in [5.41, 5.74) is 9.16. The topological polar surface area (TPSA) is 102 Å². The number of ether oxygens (including phenoxy) is 1. The minimum Gasteiger partial charge on any atom is -0.375 e. The van der Waals surface area contributed by atoms with Gasteiger partial charge >= 0.3 is 0 Å². The quantitative estimate of drug-likeness (QED) is 0.350. The molecule has 0 fully saturated rings. The van der Waals surface area contributed by atoms with E-state index in [9.17, 15) is 17.6 Å². The first-order chi connectivity index (χ1) is 17.9. The minimum atomic E-state index is -3.56. The summed E-state index contributed by atoms with van der Waals surface area (Å²) in [7, 11) is -2.13. The lowest BCUT2D eigenvalue weighted by atomic mass is 9.90. The van der Waals surface area contributed by atoms with Gasteiger partial charge < -0.3 is 15.8 Å². The van der Waals surface area contributed by atoms with Crippen LogP contribution in [0.25, 0.3) is 0 Å². The maximum atomic E-state index is 13.3. The van der Waals surface area contributed by atoms with Gasteiger partial charge in [0.2, 0.25) is 10.0 Å². The van der Waals surface area contributed by atoms with Gasteiger partial charge in [-0.15, -0.1) is 0 Å². The van der Waals surface area contributed by atoms with E-state index in [0.717, 1.165) is 21.7 Å². The second-order valence-corrected chi connectivity index (χ2v) is 11.8. The van der Waals surface area contributed by atoms with Crippen molar-refractivity contribution in [2.75, 3.05) is 24.2 Å². The minimum absolute atomic E-state index is 0.146. The van der Waals surface area contributed by atoms with Crippen LogP contribution >= 0.6 is 0 Å². The number of amides is 1. The van der Waals surface area contributed by atoms with Gasteiger partial charge in [0.05, 0.1) is 31.2 Å². The molecular weight excluding hydrogens is 505 g/mol. The molecule has 0 aliphatic carbocycles. The zero-order chi connectivity index (χ0) is 27.9. The number of nitrogens with zero attached hydrogens (tertiary/aromatic N) is 1. The van der Waals surface area contributed by atoms with Gasteiger partial charge in [0.15, 0.2) is 0 Å². The Labute approximate surface area is 224 Å². The molecule has 0 heterocycles. The number of nitrogens with one attached hydrogen (secondary N) is 1. The van der Waals surface area contributed by atoms with Crippen LogP contribution < -0.4 is 15.4 Å². The molecule has 0 bridgehead atoms. The SMILES string of the molecule is CCC(N)(COCc1cc(C(=O)N[C@H](C)c2ccc(F)cc2)cc(N(C)S(C)(=O)=O)c1)Cc1ccccc1. The molecule has 0 aliphatic rings. The maximum absolute atomic E-state index is 13.3. The highest BCUT2D eigenvalue weighted by atomic mass is 32.2. The maximum Gasteiger partial charge on any atom is 0.251 e. The number of carbonyl (C=O) groups is 1. The summed E-state index contributed by atoms with van der Waals surface area (Å²) in [6, 6.07) is 20.3. The molecule has 2 atom stereocenters. The Kier molecular flexibility index (Phi) is 9.65. The molecule has 0 saturated carbocycles. The summed E-state index contributed by atoms with van der Waals surface area (Å²) in [5.74, 6) is -0.751. The fourth-order valence-corrected chi connectivity index (χ4v) is 4.52. The molecule has 3 aromatic carbocycles. The summed E-state index contributed by atoms with van der Waals surface area (Å²) < 4.78 is 44.8. The largest absolute Gasteiger partial charge is 0.375 e. The van der Waals surface area contributed by atoms with Crippen molar-refractivity contribution in [2.24, 2.45) is 5.73 Å². The molecule has 0 aliphatic heterocycles. The van der Waals surface area contributed by atoms with E-state index in [0.29, 0.717) is 24.1 Å². The lowest BCUT2D eigenvalue weighted by molar-refractivity contribution is 0.0710. The smallest absolute Gasteiger partial charge is 0.251 e. The van der Waals surface area contributed by atoms with Gasteiger partial charge in [0.25, 0.3) is 5.91 Å². The van der Waals surface area contributed by atoms with Crippen molar-refractivity contribution in [1.82, 2.24) is 5.32 Å². The van der Waals surface area contributed by atoms with Crippen molar-refractivity contribution in [3.63, 3.8) is 0 Å². The Morgan fingerprint density at radius 3 is 2.34 bits per heavy atom. The van der Waals surface area contributed by atoms with Gasteiger partial charge in [-0.3, -0.25) is 9.10 Å². The van der Waals surface area contributed by atoms with Gasteiger partial charge in [0, 0.05) is 18.2 Å². The second-order valence-electron chi connectivity index (χ2n) is 9.74. The molecule has 3 N–H and O–H groups in total. The lowest BCUT2D eigenvalue weighted by Crippen LogP contribution is -2.46. The van der Waals surface area contributed by atoms with E-state index in [2.05, 4.69) is 5.32 Å². The van der Waals surface area contributed by atoms with Crippen LogP contribution in [0.2, 0.25) is 0 Å². The van der Waals surface area contributed by atoms with Gasteiger partial charge in [0.1, 0.15) is 5.82 Å². The molecule has 204 valence electrons. The van der Waals surface area contributed by atoms with Crippen LogP contribution in [0.5, 0.6) is 0 Å². The number of benzene rings is 3. The highest BCUT2D eigenvalue weighted by Crippen LogP contribution is 2.23. The molecule has 0 radical (unpaired) electrons. The molecule has 9 heteroatoms. The van der Waals surface area contributed by atoms with Gasteiger partial charge in [-0.2, -0.15) is 0 Å². The number of hydrogen-bond acceptors (Lipinski definition) is 5. The van der Waals surface area contributed by atoms with Crippen molar-refractivity contribution < 1.29 is 22.3 Å². The summed E-state index contributed by atoms with van der Waals surface area (Å²) in [6.07, 6.45) is 2.45. The standard InChI is InChI=1S/C29H36FN3O4S/c1-5-29(31,18-22-9-7-6-8-10-22)20-37-19-23-15-25(17-27(16-23)33(3)38(4,35)36)28(34)32-21(2)24-11-13-26(30)14-12-24/h6-17,21H,5,18-20,31H2,1-4H3,(H,32,34)/t21-,29?/m1/s1. The normalized spacial score (nSPS) is 13.9. The summed E-state index contributed by atoms with van der Waals surface area (Å²) in [6.45, 7) is 4.24.